The van der Waals surface area contributed by atoms with Crippen LogP contribution in [-0.4, -0.2) is 0 Å². The Morgan fingerprint density at radius 1 is 0.488 bits per heavy atom. The van der Waals surface area contributed by atoms with Crippen LogP contribution in [0.5, 0.6) is 0 Å². The molecule has 2 heteroatoms. The summed E-state index contributed by atoms with van der Waals surface area (Å²) in [4.78, 5) is 2.32. The summed E-state index contributed by atoms with van der Waals surface area (Å²) in [7, 11) is 0. The SMILES string of the molecule is CC1(C)c2ccccc2-c2cc(Cl)c(N(c3ccc(-c4ccccc4)cc3)c3ccc4ccc5ccccc5c4c3)cc21. The van der Waals surface area contributed by atoms with Gasteiger partial charge in [-0.1, -0.05) is 135 Å². The fraction of sp³-hybridized carbons (Fsp3) is 0.0732. The Hall–Kier alpha value is -4.85. The minimum absolute atomic E-state index is 0.131. The molecule has 0 bridgehead atoms. The standard InChI is InChI=1S/C41H30ClN/c1-41(2)37-15-9-8-14-34(37)36-25-39(42)40(26-38(36)41)43(31-21-18-28(19-22-31)27-10-4-3-5-11-27)32-23-20-30-17-16-29-12-6-7-13-33(29)35(30)24-32/h3-26H,1-2H3. The van der Waals surface area contributed by atoms with E-state index in [9.17, 15) is 0 Å². The summed E-state index contributed by atoms with van der Waals surface area (Å²) < 4.78 is 0. The molecule has 0 aliphatic heterocycles. The summed E-state index contributed by atoms with van der Waals surface area (Å²) in [5.74, 6) is 0. The van der Waals surface area contributed by atoms with Gasteiger partial charge in [0.1, 0.15) is 0 Å². The van der Waals surface area contributed by atoms with Gasteiger partial charge in [-0.25, -0.2) is 0 Å². The molecule has 0 N–H and O–H groups in total. The van der Waals surface area contributed by atoms with Crippen LogP contribution in [0.25, 0.3) is 43.8 Å². The molecule has 0 fully saturated rings. The van der Waals surface area contributed by atoms with Gasteiger partial charge in [0.2, 0.25) is 0 Å². The molecular formula is C41H30ClN. The van der Waals surface area contributed by atoms with Crippen molar-refractivity contribution in [3.63, 3.8) is 0 Å². The molecule has 8 rings (SSSR count). The van der Waals surface area contributed by atoms with Crippen LogP contribution >= 0.6 is 11.6 Å². The largest absolute Gasteiger partial charge is 0.309 e. The zero-order valence-electron chi connectivity index (χ0n) is 24.2. The first kappa shape index (κ1) is 25.8. The van der Waals surface area contributed by atoms with Crippen LogP contribution in [0, 0.1) is 0 Å². The van der Waals surface area contributed by atoms with E-state index in [-0.39, 0.29) is 5.41 Å². The molecule has 7 aromatic carbocycles. The van der Waals surface area contributed by atoms with E-state index in [0.29, 0.717) is 0 Å². The summed E-state index contributed by atoms with van der Waals surface area (Å²) in [6.07, 6.45) is 0. The van der Waals surface area contributed by atoms with E-state index >= 15 is 0 Å². The summed E-state index contributed by atoms with van der Waals surface area (Å²) >= 11 is 7.26. The van der Waals surface area contributed by atoms with Crippen molar-refractivity contribution in [2.75, 3.05) is 4.90 Å². The summed E-state index contributed by atoms with van der Waals surface area (Å²) in [6.45, 7) is 4.63. The van der Waals surface area contributed by atoms with Crippen LogP contribution < -0.4 is 4.90 Å². The van der Waals surface area contributed by atoms with Gasteiger partial charge in [-0.2, -0.15) is 0 Å². The molecule has 0 amide bonds. The second-order valence-corrected chi connectivity index (χ2v) is 12.4. The Balaban J connectivity index is 1.35. The van der Waals surface area contributed by atoms with Gasteiger partial charge in [-0.15, -0.1) is 0 Å². The third kappa shape index (κ3) is 4.15. The fourth-order valence-corrected chi connectivity index (χ4v) is 7.12. The predicted octanol–water partition coefficient (Wildman–Crippen LogP) is 12.1. The maximum absolute atomic E-state index is 7.26. The Kier molecular flexibility index (Phi) is 5.93. The number of anilines is 3. The molecular weight excluding hydrogens is 542 g/mol. The first-order valence-electron chi connectivity index (χ1n) is 14.8. The smallest absolute Gasteiger partial charge is 0.0653 e. The van der Waals surface area contributed by atoms with Gasteiger partial charge in [0.05, 0.1) is 10.7 Å². The lowest BCUT2D eigenvalue weighted by Gasteiger charge is -2.29. The minimum atomic E-state index is -0.131. The number of benzene rings is 7. The molecule has 0 atom stereocenters. The zero-order chi connectivity index (χ0) is 29.1. The lowest BCUT2D eigenvalue weighted by Crippen LogP contribution is -2.17. The number of halogens is 1. The highest BCUT2D eigenvalue weighted by Gasteiger charge is 2.36. The molecule has 0 heterocycles. The first-order chi connectivity index (χ1) is 21.0. The van der Waals surface area contributed by atoms with Crippen LogP contribution in [0.15, 0.2) is 146 Å². The second-order valence-electron chi connectivity index (χ2n) is 12.0. The van der Waals surface area contributed by atoms with Crippen molar-refractivity contribution in [1.29, 1.82) is 0 Å². The van der Waals surface area contributed by atoms with Crippen LogP contribution in [0.1, 0.15) is 25.0 Å². The second kappa shape index (κ2) is 9.87. The highest BCUT2D eigenvalue weighted by atomic mass is 35.5. The van der Waals surface area contributed by atoms with E-state index in [2.05, 4.69) is 164 Å². The van der Waals surface area contributed by atoms with Crippen LogP contribution in [0.3, 0.4) is 0 Å². The predicted molar refractivity (Wildman–Crippen MR) is 184 cm³/mol. The van der Waals surface area contributed by atoms with Gasteiger partial charge in [-0.05, 0) is 91.3 Å². The van der Waals surface area contributed by atoms with E-state index in [1.165, 1.54) is 54.9 Å². The fourth-order valence-electron chi connectivity index (χ4n) is 6.87. The highest BCUT2D eigenvalue weighted by Crippen LogP contribution is 2.52. The van der Waals surface area contributed by atoms with E-state index in [1.54, 1.807) is 0 Å². The summed E-state index contributed by atoms with van der Waals surface area (Å²) in [6, 6.07) is 52.3. The third-order valence-corrected chi connectivity index (χ3v) is 9.42. The zero-order valence-corrected chi connectivity index (χ0v) is 24.9. The van der Waals surface area contributed by atoms with E-state index < -0.39 is 0 Å². The molecule has 0 aromatic heterocycles. The molecule has 0 spiro atoms. The van der Waals surface area contributed by atoms with Crippen molar-refractivity contribution >= 4 is 50.2 Å². The molecule has 0 saturated heterocycles. The van der Waals surface area contributed by atoms with E-state index in [0.717, 1.165) is 22.1 Å². The summed E-state index contributed by atoms with van der Waals surface area (Å²) in [5.41, 5.74) is 10.5. The molecule has 0 unspecified atom stereocenters. The van der Waals surface area contributed by atoms with Crippen molar-refractivity contribution in [2.45, 2.75) is 19.3 Å². The molecule has 43 heavy (non-hydrogen) atoms. The molecule has 1 nitrogen and oxygen atoms in total. The van der Waals surface area contributed by atoms with E-state index in [4.69, 9.17) is 11.6 Å². The summed E-state index contributed by atoms with van der Waals surface area (Å²) in [5, 5.41) is 5.67. The molecule has 0 saturated carbocycles. The Labute approximate surface area is 257 Å². The van der Waals surface area contributed by atoms with Crippen molar-refractivity contribution in [3.8, 4) is 22.3 Å². The number of fused-ring (bicyclic) bond motifs is 6. The van der Waals surface area contributed by atoms with Gasteiger partial charge in [0, 0.05) is 16.8 Å². The number of nitrogens with zero attached hydrogens (tertiary/aromatic N) is 1. The van der Waals surface area contributed by atoms with Crippen molar-refractivity contribution in [2.24, 2.45) is 0 Å². The monoisotopic (exact) mass is 571 g/mol. The van der Waals surface area contributed by atoms with Gasteiger partial charge in [-0.3, -0.25) is 0 Å². The van der Waals surface area contributed by atoms with Crippen molar-refractivity contribution in [1.82, 2.24) is 0 Å². The number of rotatable bonds is 4. The molecule has 0 radical (unpaired) electrons. The van der Waals surface area contributed by atoms with Crippen LogP contribution in [0.2, 0.25) is 5.02 Å². The average molecular weight is 572 g/mol. The van der Waals surface area contributed by atoms with Crippen molar-refractivity contribution < 1.29 is 0 Å². The Bertz CT molecular complexity index is 2160. The lowest BCUT2D eigenvalue weighted by atomic mass is 9.82. The molecule has 206 valence electrons. The highest BCUT2D eigenvalue weighted by molar-refractivity contribution is 6.34. The normalized spacial score (nSPS) is 13.2. The maximum atomic E-state index is 7.26. The topological polar surface area (TPSA) is 3.24 Å². The maximum Gasteiger partial charge on any atom is 0.0653 e. The molecule has 1 aliphatic rings. The van der Waals surface area contributed by atoms with E-state index in [1.807, 2.05) is 0 Å². The average Bonchev–Trinajstić information content (AvgIpc) is 3.27. The van der Waals surface area contributed by atoms with Gasteiger partial charge < -0.3 is 4.90 Å². The van der Waals surface area contributed by atoms with Gasteiger partial charge >= 0.3 is 0 Å². The number of hydrogen-bond donors (Lipinski definition) is 0. The van der Waals surface area contributed by atoms with Gasteiger partial charge in [0.15, 0.2) is 0 Å². The third-order valence-electron chi connectivity index (χ3n) is 9.11. The first-order valence-corrected chi connectivity index (χ1v) is 15.2. The number of hydrogen-bond acceptors (Lipinski definition) is 1. The Morgan fingerprint density at radius 2 is 1.12 bits per heavy atom. The van der Waals surface area contributed by atoms with Crippen LogP contribution in [0.4, 0.5) is 17.1 Å². The quantitative estimate of drug-likeness (QED) is 0.190. The van der Waals surface area contributed by atoms with Gasteiger partial charge in [0.25, 0.3) is 0 Å². The Morgan fingerprint density at radius 3 is 1.93 bits per heavy atom. The van der Waals surface area contributed by atoms with Crippen molar-refractivity contribution in [3.05, 3.63) is 162 Å². The minimum Gasteiger partial charge on any atom is -0.309 e. The lowest BCUT2D eigenvalue weighted by molar-refractivity contribution is 0.660. The molecule has 7 aromatic rings. The van der Waals surface area contributed by atoms with Crippen LogP contribution in [-0.2, 0) is 5.41 Å². The molecule has 1 aliphatic carbocycles.